The average molecular weight is 392 g/mol. The summed E-state index contributed by atoms with van der Waals surface area (Å²) >= 11 is 0. The summed E-state index contributed by atoms with van der Waals surface area (Å²) in [6, 6.07) is 3.32. The van der Waals surface area contributed by atoms with Crippen LogP contribution in [-0.4, -0.2) is 46.4 Å². The van der Waals surface area contributed by atoms with Gasteiger partial charge in [0.1, 0.15) is 11.4 Å². The van der Waals surface area contributed by atoms with Crippen molar-refractivity contribution in [2.75, 3.05) is 25.5 Å². The smallest absolute Gasteiger partial charge is 0.416 e. The third kappa shape index (κ3) is 3.65. The van der Waals surface area contributed by atoms with Gasteiger partial charge >= 0.3 is 6.18 Å². The second kappa shape index (κ2) is 7.24. The lowest BCUT2D eigenvalue weighted by atomic mass is 10.0. The number of nitrogens with one attached hydrogen (secondary N) is 1. The minimum Gasteiger partial charge on any atom is -0.507 e. The molecule has 0 saturated carbocycles. The van der Waals surface area contributed by atoms with Crippen molar-refractivity contribution in [3.63, 3.8) is 0 Å². The molecule has 1 atom stereocenters. The van der Waals surface area contributed by atoms with E-state index in [1.54, 1.807) is 0 Å². The summed E-state index contributed by atoms with van der Waals surface area (Å²) < 4.78 is 38.6. The lowest BCUT2D eigenvalue weighted by Crippen LogP contribution is -2.40. The molecule has 1 unspecified atom stereocenters. The Bertz CT molecular complexity index is 884. The van der Waals surface area contributed by atoms with E-state index in [1.165, 1.54) is 6.07 Å². The first kappa shape index (κ1) is 19.0. The second-order valence-electron chi connectivity index (χ2n) is 7.68. The first-order chi connectivity index (χ1) is 13.3. The maximum absolute atomic E-state index is 12.9. The lowest BCUT2D eigenvalue weighted by molar-refractivity contribution is -0.137. The number of halogens is 3. The number of phenolic OH excluding ortho intramolecular Hbond substituents is 1. The first-order valence-electron chi connectivity index (χ1n) is 9.57. The van der Waals surface area contributed by atoms with Crippen molar-refractivity contribution in [2.24, 2.45) is 0 Å². The molecule has 150 valence electrons. The molecule has 2 N–H and O–H groups in total. The standard InChI is InChI=1S/C20H23F3N4O/c1-27-9-3-4-13(11-27)24-19-15-6-2-5-14(15)18(25-26-19)16-8-7-12(10-17(16)28)20(21,22)23/h7-8,10,13,28H,2-6,9,11H2,1H3,(H,24,26). The zero-order valence-corrected chi connectivity index (χ0v) is 15.7. The predicted molar refractivity (Wildman–Crippen MR) is 100 cm³/mol. The Labute approximate surface area is 161 Å². The van der Waals surface area contributed by atoms with Crippen molar-refractivity contribution >= 4 is 5.82 Å². The number of aromatic hydroxyl groups is 1. The number of hydrogen-bond acceptors (Lipinski definition) is 5. The van der Waals surface area contributed by atoms with Crippen molar-refractivity contribution in [1.29, 1.82) is 0 Å². The molecule has 2 aliphatic rings. The van der Waals surface area contributed by atoms with Crippen molar-refractivity contribution in [3.05, 3.63) is 34.9 Å². The Morgan fingerprint density at radius 2 is 1.93 bits per heavy atom. The highest BCUT2D eigenvalue weighted by Crippen LogP contribution is 2.40. The molecule has 8 heteroatoms. The van der Waals surface area contributed by atoms with Crippen LogP contribution in [0.15, 0.2) is 18.2 Å². The number of fused-ring (bicyclic) bond motifs is 1. The monoisotopic (exact) mass is 392 g/mol. The van der Waals surface area contributed by atoms with E-state index in [0.29, 0.717) is 17.3 Å². The van der Waals surface area contributed by atoms with Gasteiger partial charge in [0.25, 0.3) is 0 Å². The Hall–Kier alpha value is -2.35. The molecule has 1 aliphatic carbocycles. The molecule has 0 bridgehead atoms. The molecule has 0 radical (unpaired) electrons. The quantitative estimate of drug-likeness (QED) is 0.831. The van der Waals surface area contributed by atoms with E-state index in [4.69, 9.17) is 0 Å². The van der Waals surface area contributed by atoms with Crippen molar-refractivity contribution < 1.29 is 18.3 Å². The summed E-state index contributed by atoms with van der Waals surface area (Å²) in [5.74, 6) is 0.343. The molecule has 5 nitrogen and oxygen atoms in total. The van der Waals surface area contributed by atoms with Crippen LogP contribution in [0.3, 0.4) is 0 Å². The van der Waals surface area contributed by atoms with Crippen LogP contribution in [0.25, 0.3) is 11.3 Å². The molecule has 2 aromatic rings. The van der Waals surface area contributed by atoms with Gasteiger partial charge in [-0.05, 0) is 69.5 Å². The number of anilines is 1. The van der Waals surface area contributed by atoms with E-state index >= 15 is 0 Å². The van der Waals surface area contributed by atoms with Crippen molar-refractivity contribution in [3.8, 4) is 17.0 Å². The van der Waals surface area contributed by atoms with E-state index in [2.05, 4.69) is 27.5 Å². The number of alkyl halides is 3. The summed E-state index contributed by atoms with van der Waals surface area (Å²) in [6.45, 7) is 2.03. The molecule has 1 aromatic carbocycles. The van der Waals surface area contributed by atoms with Gasteiger partial charge in [0.15, 0.2) is 5.82 Å². The number of phenols is 1. The van der Waals surface area contributed by atoms with Gasteiger partial charge in [-0.1, -0.05) is 0 Å². The van der Waals surface area contributed by atoms with Crippen LogP contribution >= 0.6 is 0 Å². The minimum absolute atomic E-state index is 0.294. The van der Waals surface area contributed by atoms with Crippen LogP contribution in [0.4, 0.5) is 19.0 Å². The first-order valence-corrected chi connectivity index (χ1v) is 9.57. The number of aromatic nitrogens is 2. The third-order valence-corrected chi connectivity index (χ3v) is 5.59. The van der Waals surface area contributed by atoms with Gasteiger partial charge < -0.3 is 15.3 Å². The zero-order chi connectivity index (χ0) is 19.9. The molecule has 1 fully saturated rings. The molecule has 1 aliphatic heterocycles. The fourth-order valence-electron chi connectivity index (χ4n) is 4.21. The highest BCUT2D eigenvalue weighted by atomic mass is 19.4. The summed E-state index contributed by atoms with van der Waals surface area (Å²) in [4.78, 5) is 2.28. The molecule has 2 heterocycles. The Balaban J connectivity index is 1.66. The second-order valence-corrected chi connectivity index (χ2v) is 7.68. The molecule has 28 heavy (non-hydrogen) atoms. The summed E-state index contributed by atoms with van der Waals surface area (Å²) in [5.41, 5.74) is 1.93. The van der Waals surface area contributed by atoms with Crippen LogP contribution in [0.2, 0.25) is 0 Å². The van der Waals surface area contributed by atoms with E-state index in [-0.39, 0.29) is 0 Å². The van der Waals surface area contributed by atoms with Crippen LogP contribution in [0, 0.1) is 0 Å². The molecule has 4 rings (SSSR count). The SMILES string of the molecule is CN1CCCC(Nc2nnc(-c3ccc(C(F)(F)F)cc3O)c3c2CCC3)C1. The van der Waals surface area contributed by atoms with Crippen LogP contribution in [-0.2, 0) is 19.0 Å². The van der Waals surface area contributed by atoms with Crippen LogP contribution < -0.4 is 5.32 Å². The van der Waals surface area contributed by atoms with Crippen LogP contribution in [0.5, 0.6) is 5.75 Å². The Kier molecular flexibility index (Phi) is 4.91. The highest BCUT2D eigenvalue weighted by Gasteiger charge is 2.32. The number of hydrogen-bond donors (Lipinski definition) is 2. The zero-order valence-electron chi connectivity index (χ0n) is 15.7. The fraction of sp³-hybridized carbons (Fsp3) is 0.500. The van der Waals surface area contributed by atoms with Gasteiger partial charge in [-0.2, -0.15) is 13.2 Å². The topological polar surface area (TPSA) is 61.3 Å². The Morgan fingerprint density at radius 3 is 2.64 bits per heavy atom. The van der Waals surface area contributed by atoms with E-state index in [1.807, 2.05) is 0 Å². The number of likely N-dealkylation sites (N-methyl/N-ethyl adjacent to an activating group) is 1. The van der Waals surface area contributed by atoms with Crippen molar-refractivity contribution in [2.45, 2.75) is 44.3 Å². The van der Waals surface area contributed by atoms with Gasteiger partial charge in [-0.3, -0.25) is 0 Å². The summed E-state index contributed by atoms with van der Waals surface area (Å²) in [5, 5.41) is 22.4. The predicted octanol–water partition coefficient (Wildman–Crippen LogP) is 3.86. The number of likely N-dealkylation sites (tertiary alicyclic amines) is 1. The fourth-order valence-corrected chi connectivity index (χ4v) is 4.21. The van der Waals surface area contributed by atoms with Gasteiger partial charge in [-0.25, -0.2) is 0 Å². The maximum Gasteiger partial charge on any atom is 0.416 e. The molecular weight excluding hydrogens is 369 g/mol. The average Bonchev–Trinajstić information content (AvgIpc) is 3.12. The van der Waals surface area contributed by atoms with Gasteiger partial charge in [-0.15, -0.1) is 10.2 Å². The highest BCUT2D eigenvalue weighted by molar-refractivity contribution is 5.73. The van der Waals surface area contributed by atoms with Crippen molar-refractivity contribution in [1.82, 2.24) is 15.1 Å². The number of piperidine rings is 1. The Morgan fingerprint density at radius 1 is 1.14 bits per heavy atom. The van der Waals surface area contributed by atoms with Gasteiger partial charge in [0, 0.05) is 23.7 Å². The molecule has 1 saturated heterocycles. The van der Waals surface area contributed by atoms with E-state index in [0.717, 1.165) is 74.3 Å². The van der Waals surface area contributed by atoms with E-state index in [9.17, 15) is 18.3 Å². The molecule has 1 aromatic heterocycles. The number of nitrogens with zero attached hydrogens (tertiary/aromatic N) is 3. The number of rotatable bonds is 3. The number of benzene rings is 1. The lowest BCUT2D eigenvalue weighted by Gasteiger charge is -2.31. The van der Waals surface area contributed by atoms with Gasteiger partial charge in [0.2, 0.25) is 0 Å². The minimum atomic E-state index is -4.50. The largest absolute Gasteiger partial charge is 0.507 e. The molecule has 0 spiro atoms. The normalized spacial score (nSPS) is 20.2. The third-order valence-electron chi connectivity index (χ3n) is 5.59. The molecule has 0 amide bonds. The van der Waals surface area contributed by atoms with Crippen LogP contribution in [0.1, 0.15) is 36.0 Å². The van der Waals surface area contributed by atoms with Gasteiger partial charge in [0.05, 0.1) is 5.56 Å². The summed E-state index contributed by atoms with van der Waals surface area (Å²) in [6.07, 6.45) is 0.272. The maximum atomic E-state index is 12.9. The summed E-state index contributed by atoms with van der Waals surface area (Å²) in [7, 11) is 2.10. The molecular formula is C20H23F3N4O. The van der Waals surface area contributed by atoms with E-state index < -0.39 is 17.5 Å².